The van der Waals surface area contributed by atoms with E-state index >= 15 is 0 Å². The number of rotatable bonds is 1. The van der Waals surface area contributed by atoms with Gasteiger partial charge in [0.1, 0.15) is 5.75 Å². The molecule has 0 bridgehead atoms. The number of ketones is 2. The molecule has 0 radical (unpaired) electrons. The van der Waals surface area contributed by atoms with Gasteiger partial charge in [-0.25, -0.2) is 0 Å². The van der Waals surface area contributed by atoms with Gasteiger partial charge in [0.05, 0.1) is 16.3 Å². The van der Waals surface area contributed by atoms with Crippen LogP contribution in [-0.4, -0.2) is 40.4 Å². The second-order valence-corrected chi connectivity index (χ2v) is 10.2. The summed E-state index contributed by atoms with van der Waals surface area (Å²) in [6, 6.07) is 11.0. The van der Waals surface area contributed by atoms with Gasteiger partial charge in [-0.15, -0.1) is 0 Å². The fraction of sp³-hybridized carbons (Fsp3) is 0.259. The summed E-state index contributed by atoms with van der Waals surface area (Å²) < 4.78 is 0.183. The lowest BCUT2D eigenvalue weighted by Crippen LogP contribution is -2.39. The topological polar surface area (TPSA) is 91.8 Å². The van der Waals surface area contributed by atoms with Crippen molar-refractivity contribution in [1.29, 1.82) is 0 Å². The van der Waals surface area contributed by atoms with Crippen molar-refractivity contribution < 1.29 is 24.3 Å². The van der Waals surface area contributed by atoms with Crippen LogP contribution in [0.2, 0.25) is 0 Å². The quantitative estimate of drug-likeness (QED) is 0.351. The Hall–Kier alpha value is -3.32. The number of likely N-dealkylation sites (tertiary alicyclic amines) is 1. The Morgan fingerprint density at radius 3 is 2.56 bits per heavy atom. The molecule has 2 aromatic carbocycles. The first-order valence-electron chi connectivity index (χ1n) is 11.2. The van der Waals surface area contributed by atoms with E-state index in [0.717, 1.165) is 16.3 Å². The van der Waals surface area contributed by atoms with Gasteiger partial charge in [0.2, 0.25) is 11.8 Å². The third-order valence-corrected chi connectivity index (χ3v) is 8.38. The predicted molar refractivity (Wildman–Crippen MR) is 128 cm³/mol. The molecule has 0 spiro atoms. The smallest absolute Gasteiger partial charge is 0.233 e. The Bertz CT molecular complexity index is 1450. The maximum absolute atomic E-state index is 13.3. The van der Waals surface area contributed by atoms with Crippen molar-refractivity contribution in [2.75, 3.05) is 7.05 Å². The SMILES string of the molecule is CN1C(=O)[C@H]2[C@H](CC=C3[C@H](c4c(O)ccc5ccccc45)C4=C(C[C@H]32)C(=O)C(Br)=CC4=O)C1=O. The average Bonchev–Trinajstić information content (AvgIpc) is 3.05. The van der Waals surface area contributed by atoms with Gasteiger partial charge < -0.3 is 5.11 Å². The first-order chi connectivity index (χ1) is 16.3. The molecule has 2 amide bonds. The van der Waals surface area contributed by atoms with Crippen molar-refractivity contribution in [2.24, 2.45) is 17.8 Å². The molecule has 1 N–H and O–H groups in total. The first-order valence-corrected chi connectivity index (χ1v) is 12.0. The van der Waals surface area contributed by atoms with E-state index in [9.17, 15) is 24.3 Å². The number of hydrogen-bond donors (Lipinski definition) is 1. The van der Waals surface area contributed by atoms with Crippen LogP contribution in [-0.2, 0) is 19.2 Å². The summed E-state index contributed by atoms with van der Waals surface area (Å²) in [6.07, 6.45) is 3.85. The van der Waals surface area contributed by atoms with Crippen LogP contribution in [0.25, 0.3) is 10.8 Å². The van der Waals surface area contributed by atoms with Crippen LogP contribution < -0.4 is 0 Å². The summed E-state index contributed by atoms with van der Waals surface area (Å²) in [5, 5.41) is 12.7. The molecule has 0 aromatic heterocycles. The molecule has 0 saturated carbocycles. The van der Waals surface area contributed by atoms with Crippen LogP contribution in [0, 0.1) is 17.8 Å². The number of Topliss-reactive ketones (excluding diaryl/α,β-unsaturated/α-hetero) is 1. The molecule has 7 heteroatoms. The lowest BCUT2D eigenvalue weighted by molar-refractivity contribution is -0.138. The molecule has 1 saturated heterocycles. The monoisotopic (exact) mass is 517 g/mol. The molecule has 170 valence electrons. The molecule has 0 unspecified atom stereocenters. The Labute approximate surface area is 203 Å². The Balaban J connectivity index is 1.64. The van der Waals surface area contributed by atoms with Crippen molar-refractivity contribution in [3.05, 3.63) is 75.3 Å². The molecule has 4 aliphatic rings. The number of nitrogens with zero attached hydrogens (tertiary/aromatic N) is 1. The molecular formula is C27H20BrNO5. The maximum atomic E-state index is 13.3. The largest absolute Gasteiger partial charge is 0.508 e. The number of amides is 2. The van der Waals surface area contributed by atoms with E-state index in [1.54, 1.807) is 6.07 Å². The van der Waals surface area contributed by atoms with Crippen molar-refractivity contribution >= 4 is 50.1 Å². The zero-order valence-corrected chi connectivity index (χ0v) is 19.8. The van der Waals surface area contributed by atoms with Gasteiger partial charge in [-0.05, 0) is 51.5 Å². The van der Waals surface area contributed by atoms with Crippen molar-refractivity contribution in [1.82, 2.24) is 4.90 Å². The fourth-order valence-electron chi connectivity index (χ4n) is 6.28. The van der Waals surface area contributed by atoms with Crippen molar-refractivity contribution in [3.63, 3.8) is 0 Å². The summed E-state index contributed by atoms with van der Waals surface area (Å²) in [6.45, 7) is 0. The minimum Gasteiger partial charge on any atom is -0.508 e. The molecule has 1 aliphatic heterocycles. The zero-order chi connectivity index (χ0) is 23.9. The number of carbonyl (C=O) groups is 4. The number of aromatic hydroxyl groups is 1. The van der Waals surface area contributed by atoms with Gasteiger partial charge in [-0.2, -0.15) is 0 Å². The third kappa shape index (κ3) is 2.73. The van der Waals surface area contributed by atoms with E-state index < -0.39 is 23.7 Å². The summed E-state index contributed by atoms with van der Waals surface area (Å²) in [5.74, 6) is -3.14. The molecule has 4 atom stereocenters. The highest BCUT2D eigenvalue weighted by atomic mass is 79.9. The van der Waals surface area contributed by atoms with E-state index in [2.05, 4.69) is 15.9 Å². The van der Waals surface area contributed by atoms with Gasteiger partial charge in [-0.3, -0.25) is 24.1 Å². The lowest BCUT2D eigenvalue weighted by atomic mass is 9.59. The molecule has 2 aromatic rings. The van der Waals surface area contributed by atoms with E-state index in [1.807, 2.05) is 36.4 Å². The number of halogens is 1. The van der Waals surface area contributed by atoms with E-state index in [4.69, 9.17) is 0 Å². The van der Waals surface area contributed by atoms with Gasteiger partial charge in [0.15, 0.2) is 11.6 Å². The number of benzene rings is 2. The van der Waals surface area contributed by atoms with E-state index in [0.29, 0.717) is 23.1 Å². The molecule has 6 rings (SSSR count). The van der Waals surface area contributed by atoms with Crippen LogP contribution in [0.5, 0.6) is 5.75 Å². The van der Waals surface area contributed by atoms with Crippen molar-refractivity contribution in [3.8, 4) is 5.75 Å². The van der Waals surface area contributed by atoms with Crippen LogP contribution in [0.1, 0.15) is 24.3 Å². The molecule has 1 fully saturated rings. The van der Waals surface area contributed by atoms with Crippen LogP contribution >= 0.6 is 15.9 Å². The Kier molecular flexibility index (Phi) is 4.58. The van der Waals surface area contributed by atoms with Gasteiger partial charge >= 0.3 is 0 Å². The van der Waals surface area contributed by atoms with Crippen molar-refractivity contribution in [2.45, 2.75) is 18.8 Å². The number of hydrogen-bond acceptors (Lipinski definition) is 5. The second kappa shape index (κ2) is 7.34. The molecule has 3 aliphatic carbocycles. The highest BCUT2D eigenvalue weighted by molar-refractivity contribution is 9.12. The highest BCUT2D eigenvalue weighted by Crippen LogP contribution is 2.57. The normalized spacial score (nSPS) is 28.6. The number of phenolic OH excluding ortho intramolecular Hbond substituents is 1. The van der Waals surface area contributed by atoms with Crippen LogP contribution in [0.3, 0.4) is 0 Å². The average molecular weight is 518 g/mol. The fourth-order valence-corrected chi connectivity index (χ4v) is 6.73. The summed E-state index contributed by atoms with van der Waals surface area (Å²) >= 11 is 3.23. The predicted octanol–water partition coefficient (Wildman–Crippen LogP) is 3.94. The molecule has 1 heterocycles. The lowest BCUT2D eigenvalue weighted by Gasteiger charge is -2.42. The van der Waals surface area contributed by atoms with Gasteiger partial charge in [0, 0.05) is 35.8 Å². The molecular weight excluding hydrogens is 498 g/mol. The number of imide groups is 1. The number of allylic oxidation sites excluding steroid dienone is 6. The number of carbonyl (C=O) groups excluding carboxylic acids is 4. The summed E-state index contributed by atoms with van der Waals surface area (Å²) in [5.41, 5.74) is 2.09. The molecule has 6 nitrogen and oxygen atoms in total. The summed E-state index contributed by atoms with van der Waals surface area (Å²) in [4.78, 5) is 53.6. The number of fused-ring (bicyclic) bond motifs is 4. The number of phenols is 1. The van der Waals surface area contributed by atoms with E-state index in [1.165, 1.54) is 18.0 Å². The minimum absolute atomic E-state index is 0.0269. The first kappa shape index (κ1) is 21.2. The highest BCUT2D eigenvalue weighted by Gasteiger charge is 2.55. The maximum Gasteiger partial charge on any atom is 0.233 e. The molecule has 34 heavy (non-hydrogen) atoms. The minimum atomic E-state index is -0.678. The van der Waals surface area contributed by atoms with E-state index in [-0.39, 0.29) is 40.0 Å². The van der Waals surface area contributed by atoms with Crippen LogP contribution in [0.4, 0.5) is 0 Å². The van der Waals surface area contributed by atoms with Gasteiger partial charge in [0.25, 0.3) is 0 Å². The second-order valence-electron chi connectivity index (χ2n) is 9.35. The summed E-state index contributed by atoms with van der Waals surface area (Å²) in [7, 11) is 1.50. The Morgan fingerprint density at radius 1 is 1.00 bits per heavy atom. The van der Waals surface area contributed by atoms with Crippen LogP contribution in [0.15, 0.2) is 69.8 Å². The third-order valence-electron chi connectivity index (χ3n) is 7.79. The van der Waals surface area contributed by atoms with Gasteiger partial charge in [-0.1, -0.05) is 42.0 Å². The standard InChI is InChI=1S/C27H20BrNO5/c1-29-26(33)15-8-7-14-16(21(15)27(29)34)10-17-23(20(31)11-18(28)25(17)32)24(14)22-13-5-3-2-4-12(13)6-9-19(22)30/h2-7,9,11,15-16,21,24,30H,8,10H2,1H3/t15-,16+,21-,24+/m0/s1. The Morgan fingerprint density at radius 2 is 1.76 bits per heavy atom. The zero-order valence-electron chi connectivity index (χ0n) is 18.2.